The highest BCUT2D eigenvalue weighted by Crippen LogP contribution is 2.32. The van der Waals surface area contributed by atoms with Crippen LogP contribution in [0.5, 0.6) is 0 Å². The van der Waals surface area contributed by atoms with Crippen LogP contribution in [0.15, 0.2) is 0 Å². The number of hydrogen-bond donors (Lipinski definition) is 0. The van der Waals surface area contributed by atoms with E-state index in [-0.39, 0.29) is 5.97 Å². The van der Waals surface area contributed by atoms with Crippen LogP contribution in [-0.2, 0) is 9.53 Å². The van der Waals surface area contributed by atoms with Gasteiger partial charge in [-0.15, -0.1) is 0 Å². The number of carbonyl (C=O) groups excluding carboxylic acids is 1. The fourth-order valence-electron chi connectivity index (χ4n) is 0.737. The molecule has 0 N–H and O–H groups in total. The largest absolute Gasteiger partial charge is 0.459 e. The van der Waals surface area contributed by atoms with Gasteiger partial charge in [-0.1, -0.05) is 0 Å². The van der Waals surface area contributed by atoms with Crippen molar-refractivity contribution in [1.82, 2.24) is 0 Å². The molecule has 2 nitrogen and oxygen atoms in total. The van der Waals surface area contributed by atoms with Gasteiger partial charge in [-0.25, -0.2) is 0 Å². The van der Waals surface area contributed by atoms with Gasteiger partial charge in [0.15, 0.2) is 0 Å². The molecule has 0 aromatic rings. The Labute approximate surface area is 55.2 Å². The molecule has 51 valence electrons. The van der Waals surface area contributed by atoms with Crippen molar-refractivity contribution in [3.63, 3.8) is 0 Å². The zero-order valence-corrected chi connectivity index (χ0v) is 5.59. The van der Waals surface area contributed by atoms with E-state index in [9.17, 15) is 4.79 Å². The SMILES string of the molecule is C[CH]OC(=O)CC1CC1. The van der Waals surface area contributed by atoms with E-state index < -0.39 is 0 Å². The summed E-state index contributed by atoms with van der Waals surface area (Å²) in [6, 6.07) is 0. The monoisotopic (exact) mass is 127 g/mol. The maximum atomic E-state index is 10.6. The van der Waals surface area contributed by atoms with E-state index in [4.69, 9.17) is 0 Å². The van der Waals surface area contributed by atoms with Crippen LogP contribution in [0, 0.1) is 12.5 Å². The number of esters is 1. The molecule has 0 saturated heterocycles. The van der Waals surface area contributed by atoms with Crippen molar-refractivity contribution >= 4 is 5.97 Å². The van der Waals surface area contributed by atoms with E-state index in [0.717, 1.165) is 0 Å². The minimum absolute atomic E-state index is 0.0833. The van der Waals surface area contributed by atoms with Gasteiger partial charge in [0.2, 0.25) is 0 Å². The van der Waals surface area contributed by atoms with Crippen LogP contribution < -0.4 is 0 Å². The predicted octanol–water partition coefficient (Wildman–Crippen LogP) is 1.51. The highest BCUT2D eigenvalue weighted by atomic mass is 16.5. The number of ether oxygens (including phenoxy) is 1. The zero-order chi connectivity index (χ0) is 6.69. The van der Waals surface area contributed by atoms with Crippen LogP contribution in [0.4, 0.5) is 0 Å². The van der Waals surface area contributed by atoms with E-state index in [2.05, 4.69) is 4.74 Å². The molecular weight excluding hydrogens is 116 g/mol. The third-order valence-electron chi connectivity index (χ3n) is 1.40. The minimum Gasteiger partial charge on any atom is -0.459 e. The summed E-state index contributed by atoms with van der Waals surface area (Å²) in [6.45, 7) is 3.15. The van der Waals surface area contributed by atoms with Gasteiger partial charge in [0.1, 0.15) is 6.61 Å². The first-order chi connectivity index (χ1) is 4.33. The summed E-state index contributed by atoms with van der Waals surface area (Å²) in [5, 5.41) is 0. The molecule has 0 heterocycles. The summed E-state index contributed by atoms with van der Waals surface area (Å²) < 4.78 is 4.63. The molecule has 0 aromatic heterocycles. The Kier molecular flexibility index (Phi) is 2.09. The normalized spacial score (nSPS) is 17.4. The molecule has 1 saturated carbocycles. The topological polar surface area (TPSA) is 26.3 Å². The lowest BCUT2D eigenvalue weighted by molar-refractivity contribution is -0.140. The Morgan fingerprint density at radius 1 is 1.78 bits per heavy atom. The Hall–Kier alpha value is -0.530. The molecule has 1 aliphatic rings. The summed E-state index contributed by atoms with van der Waals surface area (Å²) in [5.41, 5.74) is 0. The highest BCUT2D eigenvalue weighted by Gasteiger charge is 2.24. The summed E-state index contributed by atoms with van der Waals surface area (Å²) in [4.78, 5) is 10.6. The second-order valence-corrected chi connectivity index (χ2v) is 2.37. The second kappa shape index (κ2) is 2.85. The highest BCUT2D eigenvalue weighted by molar-refractivity contribution is 5.70. The lowest BCUT2D eigenvalue weighted by atomic mass is 10.3. The van der Waals surface area contributed by atoms with Crippen LogP contribution in [0.25, 0.3) is 0 Å². The summed E-state index contributed by atoms with van der Waals surface area (Å²) in [5.74, 6) is 0.553. The van der Waals surface area contributed by atoms with Crippen LogP contribution >= 0.6 is 0 Å². The van der Waals surface area contributed by atoms with Gasteiger partial charge in [0.25, 0.3) is 0 Å². The Balaban J connectivity index is 2.02. The molecule has 2 heteroatoms. The second-order valence-electron chi connectivity index (χ2n) is 2.37. The van der Waals surface area contributed by atoms with Crippen molar-refractivity contribution in [3.8, 4) is 0 Å². The average molecular weight is 127 g/mol. The lowest BCUT2D eigenvalue weighted by Crippen LogP contribution is -2.01. The van der Waals surface area contributed by atoms with E-state index in [1.54, 1.807) is 6.92 Å². The molecular formula is C7H11O2. The lowest BCUT2D eigenvalue weighted by Gasteiger charge is -1.96. The van der Waals surface area contributed by atoms with E-state index in [1.807, 2.05) is 0 Å². The molecule has 1 rings (SSSR count). The maximum Gasteiger partial charge on any atom is 0.306 e. The molecule has 1 radical (unpaired) electrons. The smallest absolute Gasteiger partial charge is 0.306 e. The molecule has 1 aliphatic carbocycles. The van der Waals surface area contributed by atoms with E-state index in [0.29, 0.717) is 12.3 Å². The maximum absolute atomic E-state index is 10.6. The van der Waals surface area contributed by atoms with Gasteiger partial charge in [-0.2, -0.15) is 0 Å². The van der Waals surface area contributed by atoms with Crippen molar-refractivity contribution in [1.29, 1.82) is 0 Å². The van der Waals surface area contributed by atoms with Gasteiger partial charge < -0.3 is 4.74 Å². The number of rotatable bonds is 3. The van der Waals surface area contributed by atoms with Crippen LogP contribution in [0.2, 0.25) is 0 Å². The Morgan fingerprint density at radius 2 is 2.44 bits per heavy atom. The zero-order valence-electron chi connectivity index (χ0n) is 5.59. The van der Waals surface area contributed by atoms with Gasteiger partial charge in [-0.3, -0.25) is 4.79 Å². The van der Waals surface area contributed by atoms with Gasteiger partial charge in [0, 0.05) is 6.42 Å². The molecule has 0 aliphatic heterocycles. The standard InChI is InChI=1S/C7H11O2/c1-2-9-7(8)5-6-3-4-6/h2,6H,3-5H2,1H3. The molecule has 0 atom stereocenters. The molecule has 0 bridgehead atoms. The molecule has 0 amide bonds. The van der Waals surface area contributed by atoms with Crippen molar-refractivity contribution in [2.24, 2.45) is 5.92 Å². The quantitative estimate of drug-likeness (QED) is 0.537. The average Bonchev–Trinajstić information content (AvgIpc) is 2.50. The number of hydrogen-bond acceptors (Lipinski definition) is 2. The van der Waals surface area contributed by atoms with Gasteiger partial charge in [-0.05, 0) is 25.7 Å². The predicted molar refractivity (Wildman–Crippen MR) is 33.4 cm³/mol. The molecule has 0 unspecified atom stereocenters. The van der Waals surface area contributed by atoms with E-state index in [1.165, 1.54) is 19.4 Å². The van der Waals surface area contributed by atoms with Crippen molar-refractivity contribution < 1.29 is 9.53 Å². The van der Waals surface area contributed by atoms with Crippen LogP contribution in [0.3, 0.4) is 0 Å². The van der Waals surface area contributed by atoms with Crippen LogP contribution in [-0.4, -0.2) is 5.97 Å². The summed E-state index contributed by atoms with van der Waals surface area (Å²) >= 11 is 0. The van der Waals surface area contributed by atoms with Gasteiger partial charge in [0.05, 0.1) is 0 Å². The first-order valence-corrected chi connectivity index (χ1v) is 3.30. The first kappa shape index (κ1) is 6.59. The molecule has 1 fully saturated rings. The summed E-state index contributed by atoms with van der Waals surface area (Å²) in [6.07, 6.45) is 3.03. The fraction of sp³-hybridized carbons (Fsp3) is 0.714. The van der Waals surface area contributed by atoms with E-state index >= 15 is 0 Å². The molecule has 0 aromatic carbocycles. The molecule has 9 heavy (non-hydrogen) atoms. The van der Waals surface area contributed by atoms with Crippen molar-refractivity contribution in [3.05, 3.63) is 6.61 Å². The van der Waals surface area contributed by atoms with Crippen LogP contribution in [0.1, 0.15) is 26.2 Å². The Bertz CT molecular complexity index is 105. The van der Waals surface area contributed by atoms with Gasteiger partial charge >= 0.3 is 5.97 Å². The Morgan fingerprint density at radius 3 is 2.89 bits per heavy atom. The van der Waals surface area contributed by atoms with Crippen molar-refractivity contribution in [2.75, 3.05) is 0 Å². The fourth-order valence-corrected chi connectivity index (χ4v) is 0.737. The number of carbonyl (C=O) groups is 1. The first-order valence-electron chi connectivity index (χ1n) is 3.30. The molecule has 0 spiro atoms. The van der Waals surface area contributed by atoms with Crippen molar-refractivity contribution in [2.45, 2.75) is 26.2 Å². The minimum atomic E-state index is -0.0833. The third kappa shape index (κ3) is 2.49. The third-order valence-corrected chi connectivity index (χ3v) is 1.40. The summed E-state index contributed by atoms with van der Waals surface area (Å²) in [7, 11) is 0.